The van der Waals surface area contributed by atoms with Crippen molar-refractivity contribution in [2.45, 2.75) is 38.9 Å². The van der Waals surface area contributed by atoms with Crippen molar-refractivity contribution in [2.75, 3.05) is 0 Å². The lowest BCUT2D eigenvalue weighted by Gasteiger charge is -2.32. The monoisotopic (exact) mass is 1860 g/mol. The number of aromatic nitrogens is 6. The SMILES string of the molecule is CC1(C)OB(c2cc(-c3ccccc3)cc(-c3cccc4c3sc3c(-c5ccccc5)cccc34)c2)OC1(C)C.Clc1nc(-c2ccc(-c3ccccc3)cc2)nc(-c2cccc3oc4ccc(-c5ccccc5)cc4c23)n1.c1ccc(-c2ccc(-c3nc(-c4cc(-c5ccccc5)cc(-c5cccc6c5sc5c(-c7ccccc7)cccc56)c4)nc(-c4cccc5oc6ccccc6c45)n3)cc2)cc1. The summed E-state index contributed by atoms with van der Waals surface area (Å²) in [5.41, 5.74) is 28.9. The normalized spacial score (nSPS) is 12.8. The van der Waals surface area contributed by atoms with E-state index in [-0.39, 0.29) is 5.28 Å². The minimum atomic E-state index is -0.432. The van der Waals surface area contributed by atoms with Crippen LogP contribution in [0, 0.1) is 0 Å². The number of hydrogen-bond acceptors (Lipinski definition) is 12. The van der Waals surface area contributed by atoms with Crippen molar-refractivity contribution in [2.24, 2.45) is 0 Å². The molecule has 1 saturated heterocycles. The Kier molecular flexibility index (Phi) is 22.5. The predicted octanol–water partition coefficient (Wildman–Crippen LogP) is 34.3. The summed E-state index contributed by atoms with van der Waals surface area (Å²) in [7, 11) is -0.432. The fourth-order valence-corrected chi connectivity index (χ4v) is 22.1. The first-order valence-electron chi connectivity index (χ1n) is 46.9. The fourth-order valence-electron chi connectivity index (χ4n) is 19.2. The quantitative estimate of drug-likeness (QED) is 0.0917. The van der Waals surface area contributed by atoms with Gasteiger partial charge in [-0.2, -0.15) is 9.97 Å². The molecule has 25 aromatic rings. The molecule has 0 aliphatic carbocycles. The van der Waals surface area contributed by atoms with Crippen LogP contribution in [0.25, 0.3) is 241 Å². The molecule has 0 unspecified atom stereocenters. The number of rotatable bonds is 15. The van der Waals surface area contributed by atoms with Crippen molar-refractivity contribution in [1.29, 1.82) is 0 Å². The Morgan fingerprint density at radius 2 is 0.486 bits per heavy atom. The maximum atomic E-state index is 6.51. The van der Waals surface area contributed by atoms with E-state index in [1.165, 1.54) is 84.9 Å². The molecule has 26 rings (SSSR count). The smallest absolute Gasteiger partial charge is 0.456 e. The Morgan fingerprint density at radius 1 is 0.207 bits per heavy atom. The lowest BCUT2D eigenvalue weighted by Crippen LogP contribution is -2.41. The van der Waals surface area contributed by atoms with Gasteiger partial charge in [0.25, 0.3) is 0 Å². The van der Waals surface area contributed by atoms with Gasteiger partial charge in [0.15, 0.2) is 29.1 Å². The number of fused-ring (bicyclic) bond motifs is 12. The van der Waals surface area contributed by atoms with Gasteiger partial charge in [0.1, 0.15) is 22.3 Å². The van der Waals surface area contributed by atoms with Crippen molar-refractivity contribution in [3.8, 4) is 157 Å². The number of nitrogens with zero attached hydrogens (tertiary/aromatic N) is 6. The summed E-state index contributed by atoms with van der Waals surface area (Å²) in [5, 5.41) is 9.20. The number of halogens is 1. The zero-order valence-electron chi connectivity index (χ0n) is 76.8. The standard InChI is InChI=1S/C57H35N3OS.C36H31BO2S.C33H20ClN3O/c1-4-15-36(16-5-1)38-29-31-40(32-30-38)55-58-56(60-57(59-55)49-26-14-28-51-52(49)48-21-10-11-27-50(48)61-51)43-34-41(37-17-6-2-7-18-37)33-42(35-43)45-23-13-25-47-46-24-12-22-44(53(46)62-54(45)47)39-19-8-3-9-20-39;1-35(2)36(3,4)39-37(38-35)28-22-26(24-13-7-5-8-14-24)21-27(23-28)30-18-12-20-32-31-19-11-17-29(33(31)40-34(30)32)25-15-9-6-10-16-25;34-33-36-31(24-16-14-23(15-17-24)21-8-3-1-4-9-21)35-32(37-33)26-12-7-13-29-30(26)27-20-25(18-19-28(27)38-29)22-10-5-2-6-11-22/h1-35H;5-23H,1-4H3;1-20H. The van der Waals surface area contributed by atoms with Gasteiger partial charge in [0.2, 0.25) is 5.28 Å². The van der Waals surface area contributed by atoms with Gasteiger partial charge in [-0.15, -0.1) is 22.7 Å². The van der Waals surface area contributed by atoms with Crippen LogP contribution in [0.3, 0.4) is 0 Å². The van der Waals surface area contributed by atoms with Gasteiger partial charge < -0.3 is 18.1 Å². The van der Waals surface area contributed by atoms with Crippen LogP contribution in [0.4, 0.5) is 0 Å². The summed E-state index contributed by atoms with van der Waals surface area (Å²) in [4.78, 5) is 29.7. The minimum absolute atomic E-state index is 0.145. The van der Waals surface area contributed by atoms with E-state index in [1.807, 2.05) is 132 Å². The lowest BCUT2D eigenvalue weighted by atomic mass is 9.76. The lowest BCUT2D eigenvalue weighted by molar-refractivity contribution is 0.00578. The van der Waals surface area contributed by atoms with Gasteiger partial charge in [0, 0.05) is 89.7 Å². The molecule has 1 fully saturated rings. The zero-order valence-corrected chi connectivity index (χ0v) is 79.2. The van der Waals surface area contributed by atoms with E-state index in [2.05, 4.69) is 377 Å². The van der Waals surface area contributed by atoms with E-state index in [0.29, 0.717) is 29.1 Å². The molecule has 0 bridgehead atoms. The first-order valence-corrected chi connectivity index (χ1v) is 48.9. The summed E-state index contributed by atoms with van der Waals surface area (Å²) in [6.45, 7) is 8.43. The maximum Gasteiger partial charge on any atom is 0.494 e. The van der Waals surface area contributed by atoms with E-state index in [0.717, 1.165) is 133 Å². The van der Waals surface area contributed by atoms with Crippen molar-refractivity contribution < 1.29 is 18.1 Å². The van der Waals surface area contributed by atoms with Crippen LogP contribution in [0.2, 0.25) is 5.28 Å². The Bertz CT molecular complexity index is 8980. The summed E-state index contributed by atoms with van der Waals surface area (Å²) in [6, 6.07) is 157. The van der Waals surface area contributed by atoms with Crippen molar-refractivity contribution >= 4 is 131 Å². The average molecular weight is 1860 g/mol. The number of benzene rings is 19. The third-order valence-electron chi connectivity index (χ3n) is 27.0. The van der Waals surface area contributed by atoms with E-state index >= 15 is 0 Å². The largest absolute Gasteiger partial charge is 0.494 e. The highest BCUT2D eigenvalue weighted by Gasteiger charge is 2.52. The molecule has 14 heteroatoms. The van der Waals surface area contributed by atoms with Crippen molar-refractivity contribution in [3.63, 3.8) is 0 Å². The van der Waals surface area contributed by atoms with E-state index < -0.39 is 18.3 Å². The first kappa shape index (κ1) is 86.4. The van der Waals surface area contributed by atoms with E-state index in [9.17, 15) is 0 Å². The Hall–Kier alpha value is -16.5. The van der Waals surface area contributed by atoms with Crippen molar-refractivity contribution in [3.05, 3.63) is 454 Å². The third-order valence-corrected chi connectivity index (χ3v) is 29.7. The summed E-state index contributed by atoms with van der Waals surface area (Å²) >= 11 is 10.2. The number of furan rings is 2. The molecule has 0 N–H and O–H groups in total. The topological polar surface area (TPSA) is 122 Å². The minimum Gasteiger partial charge on any atom is -0.456 e. The fraction of sp³-hybridized carbons (Fsp3) is 0.0476. The first-order chi connectivity index (χ1) is 68.7. The van der Waals surface area contributed by atoms with Crippen LogP contribution < -0.4 is 5.46 Å². The Morgan fingerprint density at radius 3 is 0.943 bits per heavy atom. The second-order valence-electron chi connectivity index (χ2n) is 36.2. The molecule has 0 amide bonds. The van der Waals surface area contributed by atoms with Crippen LogP contribution >= 0.6 is 34.3 Å². The van der Waals surface area contributed by atoms with Crippen LogP contribution in [-0.4, -0.2) is 48.2 Å². The van der Waals surface area contributed by atoms with Gasteiger partial charge in [-0.05, 0) is 199 Å². The molecule has 0 spiro atoms. The molecule has 0 saturated carbocycles. The second-order valence-corrected chi connectivity index (χ2v) is 38.6. The average Bonchev–Trinajstić information content (AvgIpc) is 1.57. The predicted molar refractivity (Wildman–Crippen MR) is 583 cm³/mol. The van der Waals surface area contributed by atoms with E-state index in [4.69, 9.17) is 49.7 Å². The molecular weight excluding hydrogens is 1770 g/mol. The molecule has 0 atom stereocenters. The molecule has 0 radical (unpaired) electrons. The summed E-state index contributed by atoms with van der Waals surface area (Å²) in [5.74, 6) is 2.80. The molecule has 140 heavy (non-hydrogen) atoms. The molecule has 666 valence electrons. The Balaban J connectivity index is 0.000000119. The molecule has 6 aromatic heterocycles. The van der Waals surface area contributed by atoms with Gasteiger partial charge >= 0.3 is 7.12 Å². The molecule has 19 aromatic carbocycles. The van der Waals surface area contributed by atoms with Crippen LogP contribution in [0.15, 0.2) is 458 Å². The Labute approximate surface area is 823 Å². The van der Waals surface area contributed by atoms with Crippen LogP contribution in [0.5, 0.6) is 0 Å². The number of para-hydroxylation sites is 1. The molecule has 1 aliphatic rings. The highest BCUT2D eigenvalue weighted by Crippen LogP contribution is 2.50. The highest BCUT2D eigenvalue weighted by atomic mass is 35.5. The molecule has 10 nitrogen and oxygen atoms in total. The summed E-state index contributed by atoms with van der Waals surface area (Å²) < 4.78 is 30.7. The van der Waals surface area contributed by atoms with E-state index in [1.54, 1.807) is 0 Å². The van der Waals surface area contributed by atoms with Gasteiger partial charge in [-0.1, -0.05) is 394 Å². The highest BCUT2D eigenvalue weighted by molar-refractivity contribution is 7.27. The third kappa shape index (κ3) is 16.6. The van der Waals surface area contributed by atoms with Gasteiger partial charge in [0.05, 0.1) is 11.2 Å². The van der Waals surface area contributed by atoms with Crippen LogP contribution in [-0.2, 0) is 9.31 Å². The maximum absolute atomic E-state index is 6.51. The van der Waals surface area contributed by atoms with Crippen molar-refractivity contribution in [1.82, 2.24) is 29.9 Å². The molecular formula is C126H86BClN6O4S2. The molecule has 1 aliphatic heterocycles. The van der Waals surface area contributed by atoms with Crippen LogP contribution in [0.1, 0.15) is 27.7 Å². The molecule has 7 heterocycles. The zero-order chi connectivity index (χ0) is 93.9. The summed E-state index contributed by atoms with van der Waals surface area (Å²) in [6.07, 6.45) is 0. The second kappa shape index (κ2) is 36.5. The number of hydrogen-bond donors (Lipinski definition) is 0. The van der Waals surface area contributed by atoms with Gasteiger partial charge in [-0.25, -0.2) is 19.9 Å². The number of thiophene rings is 2. The van der Waals surface area contributed by atoms with Gasteiger partial charge in [-0.3, -0.25) is 0 Å².